The first kappa shape index (κ1) is 20.4. The standard InChI is InChI=1S/C21H31NO4/c1-5-18-11-19(13-25-16(4)24)20(22-15(3)23)21(14(18)2)26-12-17-9-7-6-8-10-17/h6-10,14,18-21H,5,11-13H2,1-4H3,(H,22,23)/t14-,18+,19-,20+,21+/m1/s1. The Hall–Kier alpha value is -1.88. The maximum absolute atomic E-state index is 11.8. The number of amides is 1. The second kappa shape index (κ2) is 9.72. The summed E-state index contributed by atoms with van der Waals surface area (Å²) in [6.07, 6.45) is 1.84. The molecular weight excluding hydrogens is 330 g/mol. The van der Waals surface area contributed by atoms with E-state index in [0.29, 0.717) is 25.0 Å². The number of esters is 1. The van der Waals surface area contributed by atoms with Crippen molar-refractivity contribution < 1.29 is 19.1 Å². The van der Waals surface area contributed by atoms with Gasteiger partial charge in [-0.25, -0.2) is 0 Å². The topological polar surface area (TPSA) is 64.6 Å². The Kier molecular flexibility index (Phi) is 7.64. The smallest absolute Gasteiger partial charge is 0.302 e. The molecule has 0 unspecified atom stereocenters. The van der Waals surface area contributed by atoms with E-state index in [1.165, 1.54) is 13.8 Å². The molecule has 1 fully saturated rings. The van der Waals surface area contributed by atoms with Crippen molar-refractivity contribution >= 4 is 11.9 Å². The Balaban J connectivity index is 2.18. The van der Waals surface area contributed by atoms with Gasteiger partial charge in [0.2, 0.25) is 5.91 Å². The van der Waals surface area contributed by atoms with E-state index >= 15 is 0 Å². The van der Waals surface area contributed by atoms with Crippen LogP contribution >= 0.6 is 0 Å². The van der Waals surface area contributed by atoms with Crippen LogP contribution in [0.2, 0.25) is 0 Å². The number of rotatable bonds is 7. The lowest BCUT2D eigenvalue weighted by molar-refractivity contribution is -0.146. The number of hydrogen-bond acceptors (Lipinski definition) is 4. The molecule has 1 amide bonds. The van der Waals surface area contributed by atoms with Crippen molar-refractivity contribution in [2.75, 3.05) is 6.61 Å². The van der Waals surface area contributed by atoms with E-state index in [1.807, 2.05) is 30.3 Å². The molecule has 26 heavy (non-hydrogen) atoms. The summed E-state index contributed by atoms with van der Waals surface area (Å²) in [6.45, 7) is 8.13. The van der Waals surface area contributed by atoms with E-state index in [-0.39, 0.29) is 29.9 Å². The first-order valence-corrected chi connectivity index (χ1v) is 9.48. The van der Waals surface area contributed by atoms with Crippen LogP contribution in [0.5, 0.6) is 0 Å². The number of carbonyl (C=O) groups excluding carboxylic acids is 2. The fourth-order valence-electron chi connectivity index (χ4n) is 4.01. The zero-order valence-electron chi connectivity index (χ0n) is 16.2. The summed E-state index contributed by atoms with van der Waals surface area (Å²) >= 11 is 0. The Labute approximate surface area is 156 Å². The molecule has 1 aromatic rings. The second-order valence-corrected chi connectivity index (χ2v) is 7.31. The van der Waals surface area contributed by atoms with Gasteiger partial charge in [-0.3, -0.25) is 9.59 Å². The first-order chi connectivity index (χ1) is 12.4. The summed E-state index contributed by atoms with van der Waals surface area (Å²) in [7, 11) is 0. The molecule has 0 saturated heterocycles. The van der Waals surface area contributed by atoms with Gasteiger partial charge in [-0.05, 0) is 23.8 Å². The number of nitrogens with one attached hydrogen (secondary N) is 1. The van der Waals surface area contributed by atoms with E-state index in [2.05, 4.69) is 19.2 Å². The van der Waals surface area contributed by atoms with Gasteiger partial charge in [0, 0.05) is 19.8 Å². The van der Waals surface area contributed by atoms with Crippen molar-refractivity contribution in [2.24, 2.45) is 17.8 Å². The van der Waals surface area contributed by atoms with Crippen molar-refractivity contribution in [3.63, 3.8) is 0 Å². The quantitative estimate of drug-likeness (QED) is 0.757. The van der Waals surface area contributed by atoms with Crippen molar-refractivity contribution in [2.45, 2.75) is 59.3 Å². The summed E-state index contributed by atoms with van der Waals surface area (Å²) in [5, 5.41) is 3.06. The van der Waals surface area contributed by atoms with Crippen molar-refractivity contribution in [3.8, 4) is 0 Å². The number of ether oxygens (including phenoxy) is 2. The molecule has 1 aliphatic rings. The van der Waals surface area contributed by atoms with Crippen LogP contribution in [0.4, 0.5) is 0 Å². The van der Waals surface area contributed by atoms with E-state index in [1.54, 1.807) is 0 Å². The monoisotopic (exact) mass is 361 g/mol. The highest BCUT2D eigenvalue weighted by atomic mass is 16.5. The molecule has 2 rings (SSSR count). The summed E-state index contributed by atoms with van der Waals surface area (Å²) < 4.78 is 11.6. The van der Waals surface area contributed by atoms with Crippen LogP contribution in [-0.4, -0.2) is 30.6 Å². The van der Waals surface area contributed by atoms with Gasteiger partial charge in [-0.1, -0.05) is 50.6 Å². The van der Waals surface area contributed by atoms with Crippen molar-refractivity contribution in [1.29, 1.82) is 0 Å². The number of hydrogen-bond donors (Lipinski definition) is 1. The predicted molar refractivity (Wildman–Crippen MR) is 100 cm³/mol. The van der Waals surface area contributed by atoms with Crippen molar-refractivity contribution in [1.82, 2.24) is 5.32 Å². The normalized spacial score (nSPS) is 28.4. The van der Waals surface area contributed by atoms with Crippen LogP contribution in [0.3, 0.4) is 0 Å². The van der Waals surface area contributed by atoms with Gasteiger partial charge in [0.1, 0.15) is 0 Å². The van der Waals surface area contributed by atoms with Gasteiger partial charge < -0.3 is 14.8 Å². The zero-order valence-corrected chi connectivity index (χ0v) is 16.2. The highest BCUT2D eigenvalue weighted by Gasteiger charge is 2.43. The van der Waals surface area contributed by atoms with Crippen LogP contribution in [0, 0.1) is 17.8 Å². The minimum Gasteiger partial charge on any atom is -0.465 e. The third kappa shape index (κ3) is 5.56. The molecule has 0 bridgehead atoms. The van der Waals surface area contributed by atoms with Crippen molar-refractivity contribution in [3.05, 3.63) is 35.9 Å². The highest BCUT2D eigenvalue weighted by Crippen LogP contribution is 2.38. The van der Waals surface area contributed by atoms with Crippen LogP contribution in [0.25, 0.3) is 0 Å². The molecule has 0 aliphatic heterocycles. The van der Waals surface area contributed by atoms with Crippen LogP contribution in [-0.2, 0) is 25.7 Å². The maximum atomic E-state index is 11.8. The molecular formula is C21H31NO4. The second-order valence-electron chi connectivity index (χ2n) is 7.31. The first-order valence-electron chi connectivity index (χ1n) is 9.48. The Morgan fingerprint density at radius 3 is 2.42 bits per heavy atom. The van der Waals surface area contributed by atoms with Gasteiger partial charge in [-0.2, -0.15) is 0 Å². The van der Waals surface area contributed by atoms with Crippen LogP contribution in [0.1, 0.15) is 46.1 Å². The Morgan fingerprint density at radius 1 is 1.15 bits per heavy atom. The Bertz CT molecular complexity index is 589. The lowest BCUT2D eigenvalue weighted by atomic mass is 9.69. The molecule has 5 nitrogen and oxygen atoms in total. The van der Waals surface area contributed by atoms with E-state index < -0.39 is 0 Å². The molecule has 1 aliphatic carbocycles. The largest absolute Gasteiger partial charge is 0.465 e. The van der Waals surface area contributed by atoms with Gasteiger partial charge in [-0.15, -0.1) is 0 Å². The van der Waals surface area contributed by atoms with Crippen LogP contribution in [0.15, 0.2) is 30.3 Å². The molecule has 5 heteroatoms. The molecule has 0 aromatic heterocycles. The average Bonchev–Trinajstić information content (AvgIpc) is 2.61. The maximum Gasteiger partial charge on any atom is 0.302 e. The van der Waals surface area contributed by atoms with Gasteiger partial charge in [0.25, 0.3) is 0 Å². The molecule has 0 heterocycles. The predicted octanol–water partition coefficient (Wildman–Crippen LogP) is 3.32. The van der Waals surface area contributed by atoms with Crippen LogP contribution < -0.4 is 5.32 Å². The fourth-order valence-corrected chi connectivity index (χ4v) is 4.01. The van der Waals surface area contributed by atoms with Gasteiger partial charge >= 0.3 is 5.97 Å². The lowest BCUT2D eigenvalue weighted by Gasteiger charge is -2.45. The Morgan fingerprint density at radius 2 is 1.85 bits per heavy atom. The summed E-state index contributed by atoms with van der Waals surface area (Å²) in [6, 6.07) is 9.88. The molecule has 144 valence electrons. The van der Waals surface area contributed by atoms with E-state index in [0.717, 1.165) is 18.4 Å². The molecule has 0 radical (unpaired) electrons. The molecule has 1 N–H and O–H groups in total. The van der Waals surface area contributed by atoms with E-state index in [4.69, 9.17) is 9.47 Å². The minimum atomic E-state index is -0.292. The third-order valence-electron chi connectivity index (χ3n) is 5.41. The summed E-state index contributed by atoms with van der Waals surface area (Å²) in [5.41, 5.74) is 1.11. The molecule has 1 saturated carbocycles. The van der Waals surface area contributed by atoms with Gasteiger partial charge in [0.15, 0.2) is 0 Å². The van der Waals surface area contributed by atoms with Gasteiger partial charge in [0.05, 0.1) is 25.4 Å². The third-order valence-corrected chi connectivity index (χ3v) is 5.41. The number of carbonyl (C=O) groups is 2. The molecule has 0 spiro atoms. The zero-order chi connectivity index (χ0) is 19.1. The molecule has 5 atom stereocenters. The lowest BCUT2D eigenvalue weighted by Crippen LogP contribution is -2.57. The number of benzene rings is 1. The average molecular weight is 361 g/mol. The minimum absolute atomic E-state index is 0.0599. The SMILES string of the molecule is CC[C@H]1C[C@H](COC(C)=O)[C@H](NC(C)=O)[C@@H](OCc2ccccc2)[C@@H]1C. The summed E-state index contributed by atoms with van der Waals surface area (Å²) in [4.78, 5) is 23.1. The summed E-state index contributed by atoms with van der Waals surface area (Å²) in [5.74, 6) is 0.471. The van der Waals surface area contributed by atoms with E-state index in [9.17, 15) is 9.59 Å². The fraction of sp³-hybridized carbons (Fsp3) is 0.619. The highest BCUT2D eigenvalue weighted by molar-refractivity contribution is 5.73. The molecule has 1 aromatic carbocycles.